The average molecular weight is 302 g/mol. The Hall–Kier alpha value is -0.430. The van der Waals surface area contributed by atoms with Gasteiger partial charge in [-0.2, -0.15) is 4.31 Å². The van der Waals surface area contributed by atoms with Gasteiger partial charge in [0.05, 0.1) is 0 Å². The molecule has 4 nitrogen and oxygen atoms in total. The Morgan fingerprint density at radius 3 is 2.84 bits per heavy atom. The third-order valence-electron chi connectivity index (χ3n) is 3.68. The Kier molecular flexibility index (Phi) is 5.00. The maximum atomic E-state index is 12.6. The molecule has 1 aliphatic heterocycles. The molecule has 1 N–H and O–H groups in total. The van der Waals surface area contributed by atoms with Crippen molar-refractivity contribution in [2.45, 2.75) is 42.9 Å². The molecule has 0 aromatic carbocycles. The largest absolute Gasteiger partial charge is 0.317 e. The van der Waals surface area contributed by atoms with Crippen LogP contribution in [0.25, 0.3) is 0 Å². The molecule has 0 saturated carbocycles. The number of hydrogen-bond donors (Lipinski definition) is 1. The van der Waals surface area contributed by atoms with Crippen molar-refractivity contribution < 1.29 is 8.42 Å². The third-order valence-corrected chi connectivity index (χ3v) is 7.29. The van der Waals surface area contributed by atoms with E-state index in [1.807, 2.05) is 13.0 Å². The van der Waals surface area contributed by atoms with Gasteiger partial charge in [-0.05, 0) is 50.9 Å². The third kappa shape index (κ3) is 3.37. The van der Waals surface area contributed by atoms with Crippen molar-refractivity contribution in [3.8, 4) is 0 Å². The van der Waals surface area contributed by atoms with Crippen molar-refractivity contribution in [1.29, 1.82) is 0 Å². The van der Waals surface area contributed by atoms with Gasteiger partial charge in [-0.25, -0.2) is 8.42 Å². The number of nitrogens with one attached hydrogen (secondary N) is 1. The molecule has 1 aromatic rings. The van der Waals surface area contributed by atoms with E-state index in [1.54, 1.807) is 17.4 Å². The van der Waals surface area contributed by atoms with Crippen LogP contribution in [0, 0.1) is 0 Å². The minimum atomic E-state index is -3.32. The molecular formula is C13H22N2O2S2. The van der Waals surface area contributed by atoms with Gasteiger partial charge in [0.2, 0.25) is 0 Å². The highest BCUT2D eigenvalue weighted by molar-refractivity contribution is 7.91. The Labute approximate surface area is 119 Å². The molecule has 19 heavy (non-hydrogen) atoms. The van der Waals surface area contributed by atoms with Crippen molar-refractivity contribution in [1.82, 2.24) is 9.62 Å². The summed E-state index contributed by atoms with van der Waals surface area (Å²) >= 11 is 1.39. The van der Waals surface area contributed by atoms with Gasteiger partial charge in [0.1, 0.15) is 4.21 Å². The fourth-order valence-corrected chi connectivity index (χ4v) is 5.29. The summed E-state index contributed by atoms with van der Waals surface area (Å²) in [6, 6.07) is 3.77. The highest BCUT2D eigenvalue weighted by Gasteiger charge is 2.29. The smallest absolute Gasteiger partial charge is 0.252 e. The zero-order chi connectivity index (χ0) is 13.9. The highest BCUT2D eigenvalue weighted by atomic mass is 32.2. The second-order valence-corrected chi connectivity index (χ2v) is 8.32. The molecule has 1 fully saturated rings. The maximum absolute atomic E-state index is 12.6. The summed E-state index contributed by atoms with van der Waals surface area (Å²) in [4.78, 5) is 1.12. The van der Waals surface area contributed by atoms with Gasteiger partial charge >= 0.3 is 0 Å². The van der Waals surface area contributed by atoms with Crippen LogP contribution >= 0.6 is 11.3 Å². The topological polar surface area (TPSA) is 49.4 Å². The van der Waals surface area contributed by atoms with Crippen LogP contribution in [0.5, 0.6) is 0 Å². The fourth-order valence-electron chi connectivity index (χ4n) is 2.39. The quantitative estimate of drug-likeness (QED) is 0.926. The standard InChI is InChI=1S/C13H22N2O2S2/c1-3-12-6-7-13(18-12)19(16,17)15(2)11-5-4-9-14-10-8-11/h6-7,11,14H,3-5,8-10H2,1-2H3. The predicted octanol–water partition coefficient (Wildman–Crippen LogP) is 2.07. The van der Waals surface area contributed by atoms with Crippen LogP contribution in [-0.2, 0) is 16.4 Å². The molecule has 1 saturated heterocycles. The van der Waals surface area contributed by atoms with Gasteiger partial charge in [0, 0.05) is 18.0 Å². The minimum Gasteiger partial charge on any atom is -0.317 e. The van der Waals surface area contributed by atoms with E-state index in [0.29, 0.717) is 4.21 Å². The summed E-state index contributed by atoms with van der Waals surface area (Å²) in [6.07, 6.45) is 3.75. The molecule has 1 atom stereocenters. The lowest BCUT2D eigenvalue weighted by atomic mass is 10.1. The Morgan fingerprint density at radius 1 is 1.37 bits per heavy atom. The first kappa shape index (κ1) is 15.0. The van der Waals surface area contributed by atoms with Crippen LogP contribution in [0.3, 0.4) is 0 Å². The lowest BCUT2D eigenvalue weighted by Gasteiger charge is -2.25. The fraction of sp³-hybridized carbons (Fsp3) is 0.692. The minimum absolute atomic E-state index is 0.118. The summed E-state index contributed by atoms with van der Waals surface area (Å²) in [5.74, 6) is 0. The molecule has 1 aromatic heterocycles. The van der Waals surface area contributed by atoms with Crippen LogP contribution in [0.15, 0.2) is 16.3 Å². The van der Waals surface area contributed by atoms with Crippen molar-refractivity contribution in [3.63, 3.8) is 0 Å². The number of nitrogens with zero attached hydrogens (tertiary/aromatic N) is 1. The molecule has 2 rings (SSSR count). The number of aryl methyl sites for hydroxylation is 1. The molecular weight excluding hydrogens is 280 g/mol. The number of hydrogen-bond acceptors (Lipinski definition) is 4. The summed E-state index contributed by atoms with van der Waals surface area (Å²) in [5, 5.41) is 3.32. The van der Waals surface area contributed by atoms with Crippen molar-refractivity contribution >= 4 is 21.4 Å². The molecule has 6 heteroatoms. The van der Waals surface area contributed by atoms with Gasteiger partial charge in [-0.3, -0.25) is 0 Å². The van der Waals surface area contributed by atoms with Crippen LogP contribution in [0.4, 0.5) is 0 Å². The van der Waals surface area contributed by atoms with Gasteiger partial charge in [-0.1, -0.05) is 6.92 Å². The van der Waals surface area contributed by atoms with Gasteiger partial charge < -0.3 is 5.32 Å². The van der Waals surface area contributed by atoms with Crippen molar-refractivity contribution in [3.05, 3.63) is 17.0 Å². The zero-order valence-electron chi connectivity index (χ0n) is 11.6. The van der Waals surface area contributed by atoms with E-state index in [-0.39, 0.29) is 6.04 Å². The summed E-state index contributed by atoms with van der Waals surface area (Å²) in [6.45, 7) is 3.93. The second kappa shape index (κ2) is 6.35. The molecule has 108 valence electrons. The van der Waals surface area contributed by atoms with E-state index in [9.17, 15) is 8.42 Å². The van der Waals surface area contributed by atoms with E-state index in [2.05, 4.69) is 5.32 Å². The molecule has 0 spiro atoms. The molecule has 0 aliphatic carbocycles. The molecule has 0 bridgehead atoms. The SMILES string of the molecule is CCc1ccc(S(=O)(=O)N(C)C2CCCNCC2)s1. The molecule has 0 amide bonds. The summed E-state index contributed by atoms with van der Waals surface area (Å²) in [5.41, 5.74) is 0. The Balaban J connectivity index is 2.17. The first-order chi connectivity index (χ1) is 9.05. The first-order valence-electron chi connectivity index (χ1n) is 6.83. The highest BCUT2D eigenvalue weighted by Crippen LogP contribution is 2.27. The average Bonchev–Trinajstić information content (AvgIpc) is 2.74. The number of sulfonamides is 1. The van der Waals surface area contributed by atoms with Gasteiger partial charge in [0.25, 0.3) is 10.0 Å². The van der Waals surface area contributed by atoms with E-state index < -0.39 is 10.0 Å². The lowest BCUT2D eigenvalue weighted by molar-refractivity contribution is 0.342. The maximum Gasteiger partial charge on any atom is 0.252 e. The van der Waals surface area contributed by atoms with Crippen LogP contribution in [-0.4, -0.2) is 38.9 Å². The summed E-state index contributed by atoms with van der Waals surface area (Å²) < 4.78 is 27.2. The molecule has 1 aliphatic rings. The molecule has 2 heterocycles. The second-order valence-electron chi connectivity index (χ2n) is 4.93. The van der Waals surface area contributed by atoms with Gasteiger partial charge in [0.15, 0.2) is 0 Å². The monoisotopic (exact) mass is 302 g/mol. The number of thiophene rings is 1. The van der Waals surface area contributed by atoms with Crippen LogP contribution in [0.1, 0.15) is 31.1 Å². The molecule has 1 unspecified atom stereocenters. The van der Waals surface area contributed by atoms with E-state index >= 15 is 0 Å². The Bertz CT molecular complexity index is 502. The molecule has 0 radical (unpaired) electrons. The first-order valence-corrected chi connectivity index (χ1v) is 9.09. The van der Waals surface area contributed by atoms with Gasteiger partial charge in [-0.15, -0.1) is 11.3 Å². The van der Waals surface area contributed by atoms with Crippen molar-refractivity contribution in [2.24, 2.45) is 0 Å². The number of rotatable bonds is 4. The Morgan fingerprint density at radius 2 is 2.16 bits per heavy atom. The van der Waals surface area contributed by atoms with Crippen LogP contribution < -0.4 is 5.32 Å². The predicted molar refractivity (Wildman–Crippen MR) is 79.2 cm³/mol. The summed E-state index contributed by atoms with van der Waals surface area (Å²) in [7, 11) is -1.60. The van der Waals surface area contributed by atoms with Crippen molar-refractivity contribution in [2.75, 3.05) is 20.1 Å². The zero-order valence-corrected chi connectivity index (χ0v) is 13.2. The van der Waals surface area contributed by atoms with E-state index in [4.69, 9.17) is 0 Å². The van der Waals surface area contributed by atoms with Crippen LogP contribution in [0.2, 0.25) is 0 Å². The normalized spacial score (nSPS) is 21.5. The van der Waals surface area contributed by atoms with E-state index in [0.717, 1.165) is 43.6 Å². The van der Waals surface area contributed by atoms with E-state index in [1.165, 1.54) is 11.3 Å². The lowest BCUT2D eigenvalue weighted by Crippen LogP contribution is -2.37.